The molecule has 2 aromatic rings. The summed E-state index contributed by atoms with van der Waals surface area (Å²) in [4.78, 5) is 0. The minimum atomic E-state index is 0.641. The van der Waals surface area contributed by atoms with Crippen LogP contribution in [0.5, 0.6) is 0 Å². The van der Waals surface area contributed by atoms with Crippen LogP contribution in [0.4, 0.5) is 0 Å². The van der Waals surface area contributed by atoms with Crippen LogP contribution in [-0.4, -0.2) is 15.7 Å². The molecule has 0 unspecified atom stereocenters. The van der Waals surface area contributed by atoms with Crippen molar-refractivity contribution in [3.05, 3.63) is 70.8 Å². The van der Waals surface area contributed by atoms with Crippen molar-refractivity contribution >= 4 is 15.7 Å². The quantitative estimate of drug-likeness (QED) is 0.552. The van der Waals surface area contributed by atoms with E-state index in [1.54, 1.807) is 0 Å². The Labute approximate surface area is 165 Å². The van der Waals surface area contributed by atoms with Gasteiger partial charge in [-0.25, -0.2) is 0 Å². The first-order chi connectivity index (χ1) is 12.4. The molecule has 0 nitrogen and oxygen atoms in total. The van der Waals surface area contributed by atoms with Crippen molar-refractivity contribution in [2.75, 3.05) is 0 Å². The van der Waals surface area contributed by atoms with Crippen LogP contribution in [-0.2, 0) is 25.5 Å². The Hall–Kier alpha value is -1.43. The molecule has 2 heteroatoms. The largest absolute Gasteiger partial charge is 0.0716 e. The van der Waals surface area contributed by atoms with Crippen LogP contribution in [0, 0.1) is 11.8 Å². The van der Waals surface area contributed by atoms with Gasteiger partial charge in [-0.15, -0.1) is 0 Å². The van der Waals surface area contributed by atoms with Gasteiger partial charge in [0.05, 0.1) is 15.7 Å². The Kier molecular flexibility index (Phi) is 13.9. The van der Waals surface area contributed by atoms with Gasteiger partial charge in [0.15, 0.2) is 0 Å². The smallest absolute Gasteiger partial charge is 0.0683 e. The zero-order valence-corrected chi connectivity index (χ0v) is 17.8. The van der Waals surface area contributed by atoms with E-state index in [1.807, 2.05) is 13.8 Å². The van der Waals surface area contributed by atoms with Gasteiger partial charge in [-0.2, -0.15) is 0 Å². The Morgan fingerprint density at radius 1 is 0.538 bits per heavy atom. The molecule has 0 bridgehead atoms. The molecule has 0 aliphatic rings. The lowest BCUT2D eigenvalue weighted by Gasteiger charge is -2.05. The molecule has 4 radical (unpaired) electrons. The molecule has 138 valence electrons. The highest BCUT2D eigenvalue weighted by molar-refractivity contribution is 6.08. The maximum Gasteiger partial charge on any atom is 0.0716 e. The Balaban J connectivity index is 0.000000439. The molecule has 0 atom stereocenters. The van der Waals surface area contributed by atoms with Gasteiger partial charge in [-0.1, -0.05) is 114 Å². The molecule has 0 aliphatic carbocycles. The van der Waals surface area contributed by atoms with Crippen molar-refractivity contribution in [1.82, 2.24) is 0 Å². The zero-order chi connectivity index (χ0) is 19.9. The predicted molar refractivity (Wildman–Crippen MR) is 120 cm³/mol. The van der Waals surface area contributed by atoms with Crippen LogP contribution in [0.25, 0.3) is 0 Å². The third-order valence-electron chi connectivity index (χ3n) is 3.81. The summed E-state index contributed by atoms with van der Waals surface area (Å²) in [5.74, 6) is 1.46. The molecule has 0 heterocycles. The number of hydrogen-bond acceptors (Lipinski definition) is 0. The lowest BCUT2D eigenvalue weighted by molar-refractivity contribution is 0.647. The molecule has 0 aromatic heterocycles. The van der Waals surface area contributed by atoms with E-state index in [0.29, 0.717) is 12.6 Å². The molecule has 26 heavy (non-hydrogen) atoms. The van der Waals surface area contributed by atoms with Gasteiger partial charge in [-0.05, 0) is 35.8 Å². The summed E-state index contributed by atoms with van der Waals surface area (Å²) in [7, 11) is 11.0. The first-order valence-corrected chi connectivity index (χ1v) is 10.00. The average Bonchev–Trinajstić information content (AvgIpc) is 2.64. The average molecular weight is 346 g/mol. The molecule has 2 aromatic carbocycles. The fraction of sp³-hybridized carbons (Fsp3) is 0.500. The van der Waals surface area contributed by atoms with Crippen molar-refractivity contribution in [2.45, 2.75) is 67.0 Å². The maximum atomic E-state index is 5.50. The van der Waals surface area contributed by atoms with Crippen molar-refractivity contribution in [3.63, 3.8) is 0 Å². The van der Waals surface area contributed by atoms with Crippen LogP contribution in [0.3, 0.4) is 0 Å². The molecular weight excluding hydrogens is 310 g/mol. The second kappa shape index (κ2) is 14.7. The first-order valence-electron chi connectivity index (χ1n) is 10.00. The summed E-state index contributed by atoms with van der Waals surface area (Å²) in [5, 5.41) is 0. The molecular formula is C24H36B2. The third kappa shape index (κ3) is 11.2. The van der Waals surface area contributed by atoms with Crippen LogP contribution < -0.4 is 0 Å². The van der Waals surface area contributed by atoms with E-state index in [2.05, 4.69) is 76.2 Å². The summed E-state index contributed by atoms with van der Waals surface area (Å²) in [6.07, 6.45) is 3.60. The lowest BCUT2D eigenvalue weighted by atomic mass is 9.95. The molecule has 0 saturated carbocycles. The van der Waals surface area contributed by atoms with Gasteiger partial charge < -0.3 is 0 Å². The van der Waals surface area contributed by atoms with Crippen molar-refractivity contribution in [3.8, 4) is 0 Å². The fourth-order valence-corrected chi connectivity index (χ4v) is 2.57. The maximum absolute atomic E-state index is 5.50. The standard InChI is InChI=1S/2C11H15B.C2H6/c2*1-9(2)7-10-3-5-11(8-12)6-4-10;1-2/h2*3-6,9H,7-8H2,1-2H3;1-2H3. The third-order valence-corrected chi connectivity index (χ3v) is 3.81. The fourth-order valence-electron chi connectivity index (χ4n) is 2.57. The van der Waals surface area contributed by atoms with Gasteiger partial charge in [0, 0.05) is 0 Å². The monoisotopic (exact) mass is 346 g/mol. The van der Waals surface area contributed by atoms with Crippen molar-refractivity contribution in [2.24, 2.45) is 11.8 Å². The minimum Gasteiger partial charge on any atom is -0.0683 e. The summed E-state index contributed by atoms with van der Waals surface area (Å²) in [5.41, 5.74) is 5.23. The first kappa shape index (κ1) is 24.6. The van der Waals surface area contributed by atoms with Gasteiger partial charge in [0.1, 0.15) is 0 Å². The Morgan fingerprint density at radius 2 is 0.769 bits per heavy atom. The van der Waals surface area contributed by atoms with E-state index in [1.165, 1.54) is 22.3 Å². The van der Waals surface area contributed by atoms with E-state index >= 15 is 0 Å². The highest BCUT2D eigenvalue weighted by atomic mass is 14.0. The predicted octanol–water partition coefficient (Wildman–Crippen LogP) is 6.13. The van der Waals surface area contributed by atoms with E-state index in [0.717, 1.165) is 24.7 Å². The van der Waals surface area contributed by atoms with Crippen molar-refractivity contribution < 1.29 is 0 Å². The van der Waals surface area contributed by atoms with E-state index in [9.17, 15) is 0 Å². The minimum absolute atomic E-state index is 0.641. The summed E-state index contributed by atoms with van der Waals surface area (Å²) >= 11 is 0. The lowest BCUT2D eigenvalue weighted by Crippen LogP contribution is -1.94. The number of rotatable bonds is 6. The van der Waals surface area contributed by atoms with E-state index < -0.39 is 0 Å². The molecule has 0 amide bonds. The summed E-state index contributed by atoms with van der Waals surface area (Å²) in [6.45, 7) is 12.9. The van der Waals surface area contributed by atoms with Gasteiger partial charge in [-0.3, -0.25) is 0 Å². The molecule has 0 aliphatic heterocycles. The number of benzene rings is 2. The molecule has 0 N–H and O–H groups in total. The highest BCUT2D eigenvalue weighted by Crippen LogP contribution is 2.10. The highest BCUT2D eigenvalue weighted by Gasteiger charge is 1.97. The summed E-state index contributed by atoms with van der Waals surface area (Å²) < 4.78 is 0. The van der Waals surface area contributed by atoms with E-state index in [4.69, 9.17) is 15.7 Å². The van der Waals surface area contributed by atoms with Gasteiger partial charge in [0.2, 0.25) is 0 Å². The van der Waals surface area contributed by atoms with Crippen LogP contribution in [0.2, 0.25) is 0 Å². The Bertz CT molecular complexity index is 500. The van der Waals surface area contributed by atoms with Crippen LogP contribution >= 0.6 is 0 Å². The molecule has 2 rings (SSSR count). The normalized spacial score (nSPS) is 10.0. The van der Waals surface area contributed by atoms with Gasteiger partial charge >= 0.3 is 0 Å². The molecule has 0 fully saturated rings. The van der Waals surface area contributed by atoms with Crippen molar-refractivity contribution in [1.29, 1.82) is 0 Å². The molecule has 0 saturated heterocycles. The second-order valence-corrected chi connectivity index (χ2v) is 7.24. The van der Waals surface area contributed by atoms with Crippen LogP contribution in [0.15, 0.2) is 48.5 Å². The Morgan fingerprint density at radius 3 is 0.962 bits per heavy atom. The molecule has 0 spiro atoms. The van der Waals surface area contributed by atoms with Crippen LogP contribution in [0.1, 0.15) is 63.8 Å². The number of hydrogen-bond donors (Lipinski definition) is 0. The van der Waals surface area contributed by atoms with Gasteiger partial charge in [0.25, 0.3) is 0 Å². The van der Waals surface area contributed by atoms with E-state index in [-0.39, 0.29) is 0 Å². The summed E-state index contributed by atoms with van der Waals surface area (Å²) in [6, 6.07) is 17.1. The second-order valence-electron chi connectivity index (χ2n) is 7.24. The zero-order valence-electron chi connectivity index (χ0n) is 17.8. The SMILES string of the molecule is CC.[B]Cc1ccc(CC(C)C)cc1.[B]Cc1ccc(CC(C)C)cc1. The topological polar surface area (TPSA) is 0 Å².